The average molecular weight is 305 g/mol. The van der Waals surface area contributed by atoms with E-state index in [0.717, 1.165) is 31.9 Å². The summed E-state index contributed by atoms with van der Waals surface area (Å²) in [5.41, 5.74) is 1.10. The topological polar surface area (TPSA) is 53.6 Å². The maximum Gasteiger partial charge on any atom is 0.315 e. The van der Waals surface area contributed by atoms with Gasteiger partial charge in [0.05, 0.1) is 13.2 Å². The lowest BCUT2D eigenvalue weighted by atomic mass is 10.0. The molecular formula is C17H27N3O2. The molecule has 1 heterocycles. The first-order chi connectivity index (χ1) is 10.7. The van der Waals surface area contributed by atoms with Crippen LogP contribution in [0.5, 0.6) is 0 Å². The van der Waals surface area contributed by atoms with Gasteiger partial charge in [-0.15, -0.1) is 0 Å². The zero-order chi connectivity index (χ0) is 15.8. The van der Waals surface area contributed by atoms with Crippen molar-refractivity contribution in [2.45, 2.75) is 26.4 Å². The van der Waals surface area contributed by atoms with Crippen LogP contribution in [0.1, 0.15) is 19.4 Å². The van der Waals surface area contributed by atoms with E-state index in [4.69, 9.17) is 4.74 Å². The van der Waals surface area contributed by atoms with Gasteiger partial charge in [-0.3, -0.25) is 4.90 Å². The molecule has 1 aromatic carbocycles. The van der Waals surface area contributed by atoms with Gasteiger partial charge in [-0.25, -0.2) is 4.79 Å². The second kappa shape index (κ2) is 8.76. The van der Waals surface area contributed by atoms with Crippen molar-refractivity contribution in [1.29, 1.82) is 0 Å². The van der Waals surface area contributed by atoms with Crippen molar-refractivity contribution >= 4 is 6.03 Å². The van der Waals surface area contributed by atoms with Crippen LogP contribution in [0, 0.1) is 5.92 Å². The van der Waals surface area contributed by atoms with E-state index in [1.807, 2.05) is 30.3 Å². The van der Waals surface area contributed by atoms with Gasteiger partial charge in [-0.2, -0.15) is 0 Å². The molecule has 122 valence electrons. The van der Waals surface area contributed by atoms with Crippen molar-refractivity contribution in [2.24, 2.45) is 5.92 Å². The number of hydrogen-bond acceptors (Lipinski definition) is 3. The number of amides is 2. The molecule has 1 aliphatic heterocycles. The molecule has 0 radical (unpaired) electrons. The molecule has 2 amide bonds. The van der Waals surface area contributed by atoms with Gasteiger partial charge in [-0.05, 0) is 11.5 Å². The number of ether oxygens (including phenoxy) is 1. The van der Waals surface area contributed by atoms with Crippen molar-refractivity contribution in [1.82, 2.24) is 15.5 Å². The van der Waals surface area contributed by atoms with Gasteiger partial charge in [0, 0.05) is 32.2 Å². The van der Waals surface area contributed by atoms with E-state index < -0.39 is 0 Å². The van der Waals surface area contributed by atoms with E-state index in [1.54, 1.807) is 0 Å². The minimum Gasteiger partial charge on any atom is -0.379 e. The Hall–Kier alpha value is -1.59. The molecule has 2 N–H and O–H groups in total. The number of rotatable bonds is 6. The van der Waals surface area contributed by atoms with Crippen molar-refractivity contribution in [3.8, 4) is 0 Å². The lowest BCUT2D eigenvalue weighted by Gasteiger charge is -2.36. The third kappa shape index (κ3) is 5.31. The van der Waals surface area contributed by atoms with Gasteiger partial charge < -0.3 is 15.4 Å². The largest absolute Gasteiger partial charge is 0.379 e. The number of hydrogen-bond donors (Lipinski definition) is 2. The van der Waals surface area contributed by atoms with Crippen LogP contribution in [0.3, 0.4) is 0 Å². The van der Waals surface area contributed by atoms with Crippen LogP contribution in [0.2, 0.25) is 0 Å². The van der Waals surface area contributed by atoms with Crippen molar-refractivity contribution in [3.05, 3.63) is 35.9 Å². The highest BCUT2D eigenvalue weighted by atomic mass is 16.5. The summed E-state index contributed by atoms with van der Waals surface area (Å²) in [6.45, 7) is 9.06. The summed E-state index contributed by atoms with van der Waals surface area (Å²) in [5, 5.41) is 5.90. The Labute approximate surface area is 133 Å². The quantitative estimate of drug-likeness (QED) is 0.843. The van der Waals surface area contributed by atoms with Gasteiger partial charge in [0.25, 0.3) is 0 Å². The fourth-order valence-corrected chi connectivity index (χ4v) is 2.73. The Bertz CT molecular complexity index is 444. The van der Waals surface area contributed by atoms with Crippen LogP contribution in [0.15, 0.2) is 30.3 Å². The molecule has 2 rings (SSSR count). The second-order valence-electron chi connectivity index (χ2n) is 6.01. The normalized spacial score (nSPS) is 17.2. The molecule has 22 heavy (non-hydrogen) atoms. The molecule has 5 nitrogen and oxygen atoms in total. The SMILES string of the molecule is CC(C)C(CNC(=O)NCc1ccccc1)N1CCOCC1. The summed E-state index contributed by atoms with van der Waals surface area (Å²) in [5.74, 6) is 0.493. The van der Waals surface area contributed by atoms with E-state index in [-0.39, 0.29) is 6.03 Å². The van der Waals surface area contributed by atoms with E-state index in [9.17, 15) is 4.79 Å². The molecule has 0 aromatic heterocycles. The zero-order valence-corrected chi connectivity index (χ0v) is 13.5. The predicted octanol–water partition coefficient (Wildman–Crippen LogP) is 1.84. The summed E-state index contributed by atoms with van der Waals surface area (Å²) in [7, 11) is 0. The number of urea groups is 1. The number of benzene rings is 1. The second-order valence-corrected chi connectivity index (χ2v) is 6.01. The van der Waals surface area contributed by atoms with Crippen molar-refractivity contribution in [2.75, 3.05) is 32.8 Å². The molecule has 1 atom stereocenters. The summed E-state index contributed by atoms with van der Waals surface area (Å²) >= 11 is 0. The van der Waals surface area contributed by atoms with Crippen molar-refractivity contribution in [3.63, 3.8) is 0 Å². The Balaban J connectivity index is 1.75. The first-order valence-electron chi connectivity index (χ1n) is 8.04. The lowest BCUT2D eigenvalue weighted by Crippen LogP contribution is -2.52. The summed E-state index contributed by atoms with van der Waals surface area (Å²) < 4.78 is 5.40. The van der Waals surface area contributed by atoms with E-state index in [0.29, 0.717) is 25.0 Å². The fourth-order valence-electron chi connectivity index (χ4n) is 2.73. The minimum absolute atomic E-state index is 0.109. The third-order valence-corrected chi connectivity index (χ3v) is 4.05. The Morgan fingerprint density at radius 1 is 1.18 bits per heavy atom. The highest BCUT2D eigenvalue weighted by molar-refractivity contribution is 5.73. The Kier molecular flexibility index (Phi) is 6.68. The Morgan fingerprint density at radius 3 is 2.50 bits per heavy atom. The first-order valence-corrected chi connectivity index (χ1v) is 8.04. The minimum atomic E-state index is -0.109. The fraction of sp³-hybridized carbons (Fsp3) is 0.588. The van der Waals surface area contributed by atoms with Gasteiger partial charge in [-0.1, -0.05) is 44.2 Å². The van der Waals surface area contributed by atoms with Gasteiger partial charge in [0.1, 0.15) is 0 Å². The monoisotopic (exact) mass is 305 g/mol. The van der Waals surface area contributed by atoms with Gasteiger partial charge >= 0.3 is 6.03 Å². The molecule has 0 bridgehead atoms. The molecular weight excluding hydrogens is 278 g/mol. The molecule has 1 saturated heterocycles. The van der Waals surface area contributed by atoms with Crippen LogP contribution >= 0.6 is 0 Å². The molecule has 1 aliphatic rings. The van der Waals surface area contributed by atoms with Crippen LogP contribution in [-0.2, 0) is 11.3 Å². The van der Waals surface area contributed by atoms with Gasteiger partial charge in [0.15, 0.2) is 0 Å². The van der Waals surface area contributed by atoms with Crippen molar-refractivity contribution < 1.29 is 9.53 Å². The maximum absolute atomic E-state index is 12.0. The van der Waals surface area contributed by atoms with Crippen LogP contribution < -0.4 is 10.6 Å². The smallest absolute Gasteiger partial charge is 0.315 e. The number of carbonyl (C=O) groups is 1. The molecule has 5 heteroatoms. The predicted molar refractivity (Wildman–Crippen MR) is 87.7 cm³/mol. The molecule has 1 unspecified atom stereocenters. The van der Waals surface area contributed by atoms with Gasteiger partial charge in [0.2, 0.25) is 0 Å². The standard InChI is InChI=1S/C17H27N3O2/c1-14(2)16(20-8-10-22-11-9-20)13-19-17(21)18-12-15-6-4-3-5-7-15/h3-7,14,16H,8-13H2,1-2H3,(H2,18,19,21). The highest BCUT2D eigenvalue weighted by Crippen LogP contribution is 2.12. The summed E-state index contributed by atoms with van der Waals surface area (Å²) in [4.78, 5) is 14.4. The van der Waals surface area contributed by atoms with E-state index >= 15 is 0 Å². The lowest BCUT2D eigenvalue weighted by molar-refractivity contribution is 0.00719. The Morgan fingerprint density at radius 2 is 1.86 bits per heavy atom. The molecule has 0 saturated carbocycles. The molecule has 1 aromatic rings. The number of morpholine rings is 1. The van der Waals surface area contributed by atoms with Crippen LogP contribution in [0.25, 0.3) is 0 Å². The summed E-state index contributed by atoms with van der Waals surface area (Å²) in [6.07, 6.45) is 0. The number of nitrogens with zero attached hydrogens (tertiary/aromatic N) is 1. The zero-order valence-electron chi connectivity index (χ0n) is 13.5. The van der Waals surface area contributed by atoms with E-state index in [2.05, 4.69) is 29.4 Å². The molecule has 0 aliphatic carbocycles. The van der Waals surface area contributed by atoms with Crippen LogP contribution in [0.4, 0.5) is 4.79 Å². The summed E-state index contributed by atoms with van der Waals surface area (Å²) in [6, 6.07) is 10.2. The van der Waals surface area contributed by atoms with E-state index in [1.165, 1.54) is 0 Å². The third-order valence-electron chi connectivity index (χ3n) is 4.05. The molecule has 0 spiro atoms. The maximum atomic E-state index is 12.0. The van der Waals surface area contributed by atoms with Crippen LogP contribution in [-0.4, -0.2) is 49.8 Å². The highest BCUT2D eigenvalue weighted by Gasteiger charge is 2.24. The number of nitrogens with one attached hydrogen (secondary N) is 2. The first kappa shape index (κ1) is 16.8. The molecule has 1 fully saturated rings. The number of carbonyl (C=O) groups excluding carboxylic acids is 1. The average Bonchev–Trinajstić information content (AvgIpc) is 2.55.